The molecule has 0 saturated carbocycles. The Morgan fingerprint density at radius 3 is 2.70 bits per heavy atom. The normalized spacial score (nSPS) is 15.2. The number of hydrogen-bond donors (Lipinski definition) is 7. The molecule has 13 heteroatoms. The molecular formula is C20H25N7O6. The van der Waals surface area contributed by atoms with Crippen LogP contribution in [0, 0.1) is 0 Å². The number of carbonyl (C=O) groups is 3. The molecule has 2 atom stereocenters. The summed E-state index contributed by atoms with van der Waals surface area (Å²) < 4.78 is 4.49. The molecule has 1 amide bonds. The first-order valence-electron chi connectivity index (χ1n) is 10.1. The number of amides is 1. The lowest BCUT2D eigenvalue weighted by Gasteiger charge is -2.27. The first-order valence-corrected chi connectivity index (χ1v) is 10.1. The molecule has 0 aliphatic carbocycles. The number of rotatable bonds is 9. The van der Waals surface area contributed by atoms with Crippen molar-refractivity contribution in [1.29, 1.82) is 0 Å². The van der Waals surface area contributed by atoms with E-state index in [2.05, 4.69) is 36.0 Å². The van der Waals surface area contributed by atoms with Crippen molar-refractivity contribution in [3.63, 3.8) is 0 Å². The highest BCUT2D eigenvalue weighted by molar-refractivity contribution is 5.97. The smallest absolute Gasteiger partial charge is 0.326 e. The number of carboxylic acid groups (broad SMARTS) is 1. The molecule has 13 nitrogen and oxygen atoms in total. The number of H-pyrrole nitrogens is 1. The zero-order chi connectivity index (χ0) is 24.0. The number of anilines is 4. The van der Waals surface area contributed by atoms with E-state index in [-0.39, 0.29) is 36.0 Å². The summed E-state index contributed by atoms with van der Waals surface area (Å²) in [6, 6.07) is 5.14. The van der Waals surface area contributed by atoms with Crippen LogP contribution >= 0.6 is 0 Å². The van der Waals surface area contributed by atoms with Crippen LogP contribution in [0.2, 0.25) is 0 Å². The first kappa shape index (κ1) is 23.4. The predicted octanol–water partition coefficient (Wildman–Crippen LogP) is -0.194. The summed E-state index contributed by atoms with van der Waals surface area (Å²) in [6.07, 6.45) is -0.204. The molecule has 1 aliphatic heterocycles. The van der Waals surface area contributed by atoms with Gasteiger partial charge in [-0.3, -0.25) is 19.4 Å². The number of nitrogens with zero attached hydrogens (tertiary/aromatic N) is 1. The van der Waals surface area contributed by atoms with Crippen LogP contribution in [0.1, 0.15) is 23.2 Å². The third-order valence-electron chi connectivity index (χ3n) is 4.97. The maximum absolute atomic E-state index is 12.4. The highest BCUT2D eigenvalue weighted by Crippen LogP contribution is 2.20. The Balaban J connectivity index is 1.53. The second-order valence-electron chi connectivity index (χ2n) is 7.33. The third kappa shape index (κ3) is 6.12. The number of benzene rings is 1. The fourth-order valence-electron chi connectivity index (χ4n) is 3.19. The Morgan fingerprint density at radius 2 is 2.03 bits per heavy atom. The number of aliphatic carboxylic acids is 1. The maximum Gasteiger partial charge on any atom is 0.326 e. The number of esters is 1. The lowest BCUT2D eigenvalue weighted by molar-refractivity contribution is -0.142. The van der Waals surface area contributed by atoms with E-state index in [1.165, 1.54) is 7.11 Å². The minimum absolute atomic E-state index is 0.0342. The second kappa shape index (κ2) is 10.3. The van der Waals surface area contributed by atoms with E-state index in [0.717, 1.165) is 5.69 Å². The molecular weight excluding hydrogens is 436 g/mol. The monoisotopic (exact) mass is 461 g/mol. The standard InChI is InChI=1S/C20H25N7O6/c1-33-14(28)7-6-13(19(31)32)25-17(29)10-2-4-11(5-3-10)22-8-12-9-23-16-15(24-12)18(30)27-20(21)26-16/h2-5,12-13,22,24H,6-9H2,1H3,(H,25,29)(H,31,32)(H4,21,23,26,27,30)/t12?,13-/m0/s1/i1+2. The van der Waals surface area contributed by atoms with Gasteiger partial charge < -0.3 is 36.8 Å². The van der Waals surface area contributed by atoms with Gasteiger partial charge in [0.05, 0.1) is 13.2 Å². The van der Waals surface area contributed by atoms with E-state index in [1.807, 2.05) is 0 Å². The van der Waals surface area contributed by atoms with Gasteiger partial charge in [-0.15, -0.1) is 0 Å². The summed E-state index contributed by atoms with van der Waals surface area (Å²) in [7, 11) is 1.21. The minimum Gasteiger partial charge on any atom is -0.480 e. The fraction of sp³-hybridized carbons (Fsp3) is 0.350. The van der Waals surface area contributed by atoms with Gasteiger partial charge in [0.15, 0.2) is 5.82 Å². The number of hydrogen-bond acceptors (Lipinski definition) is 10. The zero-order valence-electron chi connectivity index (χ0n) is 17.8. The van der Waals surface area contributed by atoms with Crippen molar-refractivity contribution in [2.45, 2.75) is 24.9 Å². The topological polar surface area (TPSA) is 201 Å². The molecule has 176 valence electrons. The molecule has 1 aromatic heterocycles. The number of aromatic nitrogens is 2. The summed E-state index contributed by atoms with van der Waals surface area (Å²) in [4.78, 5) is 53.5. The van der Waals surface area contributed by atoms with E-state index in [0.29, 0.717) is 24.6 Å². The van der Waals surface area contributed by atoms with Crippen LogP contribution in [0.15, 0.2) is 29.1 Å². The number of carboxylic acids is 1. The molecule has 1 unspecified atom stereocenters. The average molecular weight is 461 g/mol. The van der Waals surface area contributed by atoms with Gasteiger partial charge in [0.25, 0.3) is 11.5 Å². The van der Waals surface area contributed by atoms with Crippen LogP contribution in [0.5, 0.6) is 0 Å². The van der Waals surface area contributed by atoms with Crippen molar-refractivity contribution >= 4 is 41.0 Å². The minimum atomic E-state index is -1.24. The summed E-state index contributed by atoms with van der Waals surface area (Å²) in [5.74, 6) is -1.93. The molecule has 1 aliphatic rings. The molecule has 3 rings (SSSR count). The number of methoxy groups -OCH3 is 1. The predicted molar refractivity (Wildman–Crippen MR) is 120 cm³/mol. The molecule has 0 bridgehead atoms. The van der Waals surface area contributed by atoms with Crippen molar-refractivity contribution in [3.05, 3.63) is 40.2 Å². The highest BCUT2D eigenvalue weighted by Gasteiger charge is 2.23. The van der Waals surface area contributed by atoms with Gasteiger partial charge in [0.2, 0.25) is 5.95 Å². The van der Waals surface area contributed by atoms with Gasteiger partial charge in [-0.25, -0.2) is 4.79 Å². The van der Waals surface area contributed by atoms with Crippen LogP contribution in [0.3, 0.4) is 0 Å². The fourth-order valence-corrected chi connectivity index (χ4v) is 3.19. The Labute approximate surface area is 188 Å². The Morgan fingerprint density at radius 1 is 1.30 bits per heavy atom. The van der Waals surface area contributed by atoms with Gasteiger partial charge in [0.1, 0.15) is 11.7 Å². The number of carbonyl (C=O) groups excluding carboxylic acids is 2. The molecule has 8 N–H and O–H groups in total. The van der Waals surface area contributed by atoms with Crippen molar-refractivity contribution < 1.29 is 24.2 Å². The van der Waals surface area contributed by atoms with E-state index in [1.54, 1.807) is 24.3 Å². The van der Waals surface area contributed by atoms with Crippen molar-refractivity contribution in [2.75, 3.05) is 41.9 Å². The summed E-state index contributed by atoms with van der Waals surface area (Å²) in [5.41, 5.74) is 6.48. The highest BCUT2D eigenvalue weighted by atomic mass is 16.7. The maximum atomic E-state index is 12.4. The van der Waals surface area contributed by atoms with E-state index >= 15 is 0 Å². The van der Waals surface area contributed by atoms with E-state index < -0.39 is 23.9 Å². The van der Waals surface area contributed by atoms with Crippen LogP contribution in [-0.2, 0) is 14.3 Å². The van der Waals surface area contributed by atoms with E-state index in [4.69, 9.17) is 5.73 Å². The number of nitrogens with two attached hydrogens (primary N) is 1. The zero-order valence-corrected chi connectivity index (χ0v) is 17.8. The Kier molecular flexibility index (Phi) is 7.33. The van der Waals surface area contributed by atoms with Gasteiger partial charge in [0, 0.05) is 30.8 Å². The lowest BCUT2D eigenvalue weighted by Crippen LogP contribution is -2.41. The molecule has 0 spiro atoms. The van der Waals surface area contributed by atoms with Crippen molar-refractivity contribution in [2.24, 2.45) is 0 Å². The number of ether oxygens (including phenoxy) is 1. The molecule has 0 saturated heterocycles. The van der Waals surface area contributed by atoms with Gasteiger partial charge in [-0.05, 0) is 30.7 Å². The lowest BCUT2D eigenvalue weighted by atomic mass is 10.1. The molecule has 2 aromatic rings. The summed E-state index contributed by atoms with van der Waals surface area (Å²) in [6.45, 7) is 0.981. The van der Waals surface area contributed by atoms with Crippen LogP contribution in [-0.4, -0.2) is 65.2 Å². The number of aromatic amines is 1. The Hall–Kier alpha value is -4.29. The first-order chi connectivity index (χ1) is 15.8. The number of nitrogens with one attached hydrogen (secondary N) is 5. The van der Waals surface area contributed by atoms with Gasteiger partial charge in [-0.1, -0.05) is 0 Å². The second-order valence-corrected chi connectivity index (χ2v) is 7.33. The molecule has 33 heavy (non-hydrogen) atoms. The van der Waals surface area contributed by atoms with E-state index in [9.17, 15) is 24.3 Å². The molecule has 0 fully saturated rings. The van der Waals surface area contributed by atoms with Gasteiger partial charge >= 0.3 is 11.9 Å². The van der Waals surface area contributed by atoms with Crippen molar-refractivity contribution in [3.8, 4) is 0 Å². The number of fused-ring (bicyclic) bond motifs is 1. The summed E-state index contributed by atoms with van der Waals surface area (Å²) in [5, 5.41) is 21.0. The molecule has 2 heterocycles. The van der Waals surface area contributed by atoms with Gasteiger partial charge in [-0.2, -0.15) is 4.98 Å². The third-order valence-corrected chi connectivity index (χ3v) is 4.97. The van der Waals surface area contributed by atoms with Crippen LogP contribution in [0.4, 0.5) is 23.1 Å². The van der Waals surface area contributed by atoms with Crippen molar-refractivity contribution in [1.82, 2.24) is 15.3 Å². The Bertz CT molecular complexity index is 1090. The molecule has 0 radical (unpaired) electrons. The largest absolute Gasteiger partial charge is 0.480 e. The van der Waals surface area contributed by atoms with Crippen LogP contribution < -0.4 is 32.6 Å². The van der Waals surface area contributed by atoms with Crippen LogP contribution in [0.25, 0.3) is 0 Å². The number of nitrogen functional groups attached to an aromatic ring is 1. The SMILES string of the molecule is [14CH3]OC(=O)CC[C@H](NC(=O)c1ccc(NCC2CNc3nc(N)[nH]c(=O)c3N2)cc1)C(=O)O. The average Bonchev–Trinajstić information content (AvgIpc) is 2.80. The summed E-state index contributed by atoms with van der Waals surface area (Å²) >= 11 is 0. The molecule has 1 aromatic carbocycles. The quantitative estimate of drug-likeness (QED) is 0.244.